The first-order valence-corrected chi connectivity index (χ1v) is 9.99. The molecule has 0 aliphatic carbocycles. The van der Waals surface area contributed by atoms with Crippen molar-refractivity contribution in [3.05, 3.63) is 90.0 Å². The topological polar surface area (TPSA) is 0 Å². The first-order chi connectivity index (χ1) is 11.6. The van der Waals surface area contributed by atoms with Gasteiger partial charge in [0.2, 0.25) is 0 Å². The van der Waals surface area contributed by atoms with Crippen LogP contribution in [0.4, 0.5) is 0 Å². The van der Waals surface area contributed by atoms with E-state index in [0.29, 0.717) is 5.92 Å². The van der Waals surface area contributed by atoms with E-state index in [1.54, 1.807) is 0 Å². The van der Waals surface area contributed by atoms with Crippen molar-refractivity contribution in [2.75, 3.05) is 0 Å². The monoisotopic (exact) mass is 332 g/mol. The Bertz CT molecular complexity index is 736. The molecule has 0 nitrogen and oxygen atoms in total. The van der Waals surface area contributed by atoms with Gasteiger partial charge in [-0.1, -0.05) is 92.7 Å². The predicted octanol–water partition coefficient (Wildman–Crippen LogP) is 4.95. The minimum atomic E-state index is -0.500. The van der Waals surface area contributed by atoms with Gasteiger partial charge < -0.3 is 0 Å². The van der Waals surface area contributed by atoms with Crippen LogP contribution in [0.25, 0.3) is 0 Å². The van der Waals surface area contributed by atoms with Gasteiger partial charge in [-0.15, -0.1) is 0 Å². The Morgan fingerprint density at radius 2 is 1.29 bits per heavy atom. The third-order valence-corrected chi connectivity index (χ3v) is 6.79. The lowest BCUT2D eigenvalue weighted by atomic mass is 10.0. The summed E-state index contributed by atoms with van der Waals surface area (Å²) in [6.45, 7) is 6.83. The Balaban J connectivity index is 2.07. The van der Waals surface area contributed by atoms with Crippen LogP contribution in [0.3, 0.4) is 0 Å². The van der Waals surface area contributed by atoms with Gasteiger partial charge in [0.05, 0.1) is 0 Å². The van der Waals surface area contributed by atoms with E-state index in [1.807, 2.05) is 0 Å². The lowest BCUT2D eigenvalue weighted by Crippen LogP contribution is -2.22. The predicted molar refractivity (Wildman–Crippen MR) is 108 cm³/mol. The molecule has 0 aliphatic heterocycles. The van der Waals surface area contributed by atoms with Gasteiger partial charge in [0.1, 0.15) is 0 Å². The van der Waals surface area contributed by atoms with Gasteiger partial charge in [-0.3, -0.25) is 0 Å². The number of hydrogen-bond acceptors (Lipinski definition) is 0. The number of aryl methyl sites for hydroxylation is 1. The number of benzene rings is 3. The van der Waals surface area contributed by atoms with Crippen LogP contribution in [0.2, 0.25) is 0 Å². The normalized spacial score (nSPS) is 11.2. The summed E-state index contributed by atoms with van der Waals surface area (Å²) in [5.74, 6) is 0.694. The second-order valence-corrected chi connectivity index (χ2v) is 8.91. The van der Waals surface area contributed by atoms with Crippen molar-refractivity contribution in [3.8, 4) is 0 Å². The molecule has 0 saturated carbocycles. The van der Waals surface area contributed by atoms with Crippen molar-refractivity contribution in [2.24, 2.45) is 5.92 Å². The van der Waals surface area contributed by atoms with Gasteiger partial charge in [-0.2, -0.15) is 0 Å². The number of hydrogen-bond donors (Lipinski definition) is 0. The molecule has 0 amide bonds. The van der Waals surface area contributed by atoms with Crippen LogP contribution in [0.5, 0.6) is 0 Å². The average molecular weight is 332 g/mol. The third kappa shape index (κ3) is 3.94. The highest BCUT2D eigenvalue weighted by Crippen LogP contribution is 2.34. The molecule has 3 aromatic rings. The summed E-state index contributed by atoms with van der Waals surface area (Å²) in [6.07, 6.45) is 1.15. The van der Waals surface area contributed by atoms with E-state index in [9.17, 15) is 0 Å². The lowest BCUT2D eigenvalue weighted by molar-refractivity contribution is 0.647. The molecule has 1 heteroatoms. The van der Waals surface area contributed by atoms with E-state index in [2.05, 4.69) is 99.6 Å². The SMILES string of the molecule is Cc1cc(CC(C)C)ccc1P(c1ccccc1)c1ccccc1. The first kappa shape index (κ1) is 16.9. The summed E-state index contributed by atoms with van der Waals surface area (Å²) in [4.78, 5) is 0. The molecule has 0 unspecified atom stereocenters. The summed E-state index contributed by atoms with van der Waals surface area (Å²) < 4.78 is 0. The molecular formula is C23H25P. The molecule has 122 valence electrons. The molecule has 0 N–H and O–H groups in total. The maximum Gasteiger partial charge on any atom is -0.0122 e. The van der Waals surface area contributed by atoms with Crippen molar-refractivity contribution in [2.45, 2.75) is 27.2 Å². The van der Waals surface area contributed by atoms with Gasteiger partial charge in [0.25, 0.3) is 0 Å². The Kier molecular flexibility index (Phi) is 5.48. The van der Waals surface area contributed by atoms with Crippen molar-refractivity contribution < 1.29 is 0 Å². The molecule has 0 aliphatic rings. The van der Waals surface area contributed by atoms with Gasteiger partial charge in [-0.05, 0) is 54.2 Å². The van der Waals surface area contributed by atoms with Gasteiger partial charge in [0, 0.05) is 0 Å². The molecule has 0 fully saturated rings. The van der Waals surface area contributed by atoms with Crippen molar-refractivity contribution >= 4 is 23.8 Å². The second kappa shape index (κ2) is 7.77. The molecule has 0 spiro atoms. The van der Waals surface area contributed by atoms with Crippen LogP contribution in [0.1, 0.15) is 25.0 Å². The average Bonchev–Trinajstić information content (AvgIpc) is 2.58. The van der Waals surface area contributed by atoms with Crippen molar-refractivity contribution in [1.29, 1.82) is 0 Å². The van der Waals surface area contributed by atoms with Crippen LogP contribution in [-0.4, -0.2) is 0 Å². The van der Waals surface area contributed by atoms with E-state index in [0.717, 1.165) is 6.42 Å². The van der Waals surface area contributed by atoms with E-state index in [4.69, 9.17) is 0 Å². The highest BCUT2D eigenvalue weighted by atomic mass is 31.1. The van der Waals surface area contributed by atoms with Gasteiger partial charge in [-0.25, -0.2) is 0 Å². The smallest absolute Gasteiger partial charge is 0.0122 e. The summed E-state index contributed by atoms with van der Waals surface area (Å²) >= 11 is 0. The molecule has 0 heterocycles. The van der Waals surface area contributed by atoms with Crippen LogP contribution < -0.4 is 15.9 Å². The van der Waals surface area contributed by atoms with Crippen LogP contribution in [-0.2, 0) is 6.42 Å². The minimum absolute atomic E-state index is 0.500. The summed E-state index contributed by atoms with van der Waals surface area (Å²) in [6, 6.07) is 28.9. The quantitative estimate of drug-likeness (QED) is 0.580. The van der Waals surface area contributed by atoms with Crippen LogP contribution in [0.15, 0.2) is 78.9 Å². The van der Waals surface area contributed by atoms with E-state index < -0.39 is 7.92 Å². The summed E-state index contributed by atoms with van der Waals surface area (Å²) in [5.41, 5.74) is 2.86. The molecule has 0 aromatic heterocycles. The zero-order valence-corrected chi connectivity index (χ0v) is 15.6. The highest BCUT2D eigenvalue weighted by molar-refractivity contribution is 7.79. The molecule has 0 atom stereocenters. The minimum Gasteiger partial charge on any atom is -0.0625 e. The van der Waals surface area contributed by atoms with Crippen molar-refractivity contribution in [1.82, 2.24) is 0 Å². The Labute approximate surface area is 147 Å². The van der Waals surface area contributed by atoms with Gasteiger partial charge >= 0.3 is 0 Å². The zero-order chi connectivity index (χ0) is 16.9. The zero-order valence-electron chi connectivity index (χ0n) is 14.7. The standard InChI is InChI=1S/C23H25P/c1-18(2)16-20-14-15-23(19(3)17-20)24(21-10-6-4-7-11-21)22-12-8-5-9-13-22/h4-15,17-18H,16H2,1-3H3. The number of rotatable bonds is 5. The van der Waals surface area contributed by atoms with E-state index in [-0.39, 0.29) is 0 Å². The van der Waals surface area contributed by atoms with Crippen LogP contribution in [0, 0.1) is 12.8 Å². The maximum atomic E-state index is 2.39. The van der Waals surface area contributed by atoms with Crippen LogP contribution >= 0.6 is 7.92 Å². The highest BCUT2D eigenvalue weighted by Gasteiger charge is 2.18. The molecule has 0 radical (unpaired) electrons. The van der Waals surface area contributed by atoms with E-state index >= 15 is 0 Å². The molecule has 3 aromatic carbocycles. The second-order valence-electron chi connectivity index (χ2n) is 6.73. The fraction of sp³-hybridized carbons (Fsp3) is 0.217. The maximum absolute atomic E-state index is 2.39. The molecular weight excluding hydrogens is 307 g/mol. The van der Waals surface area contributed by atoms with Gasteiger partial charge in [0.15, 0.2) is 0 Å². The lowest BCUT2D eigenvalue weighted by Gasteiger charge is -2.22. The fourth-order valence-electron chi connectivity index (χ4n) is 3.15. The Hall–Kier alpha value is -1.91. The Morgan fingerprint density at radius 1 is 0.750 bits per heavy atom. The first-order valence-electron chi connectivity index (χ1n) is 8.65. The summed E-state index contributed by atoms with van der Waals surface area (Å²) in [5, 5.41) is 4.30. The third-order valence-electron chi connectivity index (χ3n) is 4.17. The largest absolute Gasteiger partial charge is 0.0625 e. The van der Waals surface area contributed by atoms with E-state index in [1.165, 1.54) is 27.0 Å². The molecule has 0 saturated heterocycles. The molecule has 24 heavy (non-hydrogen) atoms. The molecule has 0 bridgehead atoms. The van der Waals surface area contributed by atoms with Crippen molar-refractivity contribution in [3.63, 3.8) is 0 Å². The molecule has 3 rings (SSSR count). The summed E-state index contributed by atoms with van der Waals surface area (Å²) in [7, 11) is -0.500. The fourth-order valence-corrected chi connectivity index (χ4v) is 5.58. The Morgan fingerprint density at radius 3 is 1.75 bits per heavy atom.